The van der Waals surface area contributed by atoms with E-state index in [9.17, 15) is 13.2 Å². The minimum Gasteiger partial charge on any atom is -0.482 e. The van der Waals surface area contributed by atoms with E-state index in [-0.39, 0.29) is 34.3 Å². The van der Waals surface area contributed by atoms with Crippen LogP contribution in [0.1, 0.15) is 32.6 Å². The first-order valence-electron chi connectivity index (χ1n) is 8.72. The van der Waals surface area contributed by atoms with E-state index in [1.165, 1.54) is 18.2 Å². The Labute approximate surface area is 159 Å². The SMILES string of the molecule is CCCCNS(=O)(=O)c1ccc(OCC(=O)NC[C@H]2CCCO2)c(Cl)c1. The Kier molecular flexibility index (Phi) is 8.15. The summed E-state index contributed by atoms with van der Waals surface area (Å²) in [7, 11) is -3.60. The Bertz CT molecular complexity index is 705. The number of unbranched alkanes of at least 4 members (excludes halogenated alkanes) is 1. The Morgan fingerprint density at radius 3 is 2.88 bits per heavy atom. The van der Waals surface area contributed by atoms with Crippen LogP contribution in [0.15, 0.2) is 23.1 Å². The minimum absolute atomic E-state index is 0.0623. The zero-order chi connectivity index (χ0) is 19.0. The molecule has 0 saturated carbocycles. The van der Waals surface area contributed by atoms with E-state index >= 15 is 0 Å². The molecule has 1 saturated heterocycles. The van der Waals surface area contributed by atoms with Crippen molar-refractivity contribution >= 4 is 27.5 Å². The van der Waals surface area contributed by atoms with E-state index in [0.29, 0.717) is 13.1 Å². The third kappa shape index (κ3) is 6.42. The van der Waals surface area contributed by atoms with Gasteiger partial charge >= 0.3 is 0 Å². The van der Waals surface area contributed by atoms with Crippen molar-refractivity contribution in [2.75, 3.05) is 26.3 Å². The van der Waals surface area contributed by atoms with Crippen molar-refractivity contribution in [2.45, 2.75) is 43.6 Å². The maximum Gasteiger partial charge on any atom is 0.258 e. The first kappa shape index (κ1) is 21.0. The molecule has 1 aromatic rings. The normalized spacial score (nSPS) is 17.2. The highest BCUT2D eigenvalue weighted by Crippen LogP contribution is 2.27. The number of benzene rings is 1. The molecule has 1 fully saturated rings. The van der Waals surface area contributed by atoms with Gasteiger partial charge in [0.25, 0.3) is 5.91 Å². The van der Waals surface area contributed by atoms with Crippen LogP contribution in [0.4, 0.5) is 0 Å². The molecule has 2 rings (SSSR count). The maximum atomic E-state index is 12.2. The summed E-state index contributed by atoms with van der Waals surface area (Å²) in [6, 6.07) is 4.17. The van der Waals surface area contributed by atoms with Crippen LogP contribution in [0.3, 0.4) is 0 Å². The van der Waals surface area contributed by atoms with Crippen molar-refractivity contribution < 1.29 is 22.7 Å². The number of amides is 1. The molecule has 1 amide bonds. The zero-order valence-corrected chi connectivity index (χ0v) is 16.4. The largest absolute Gasteiger partial charge is 0.482 e. The number of sulfonamides is 1. The quantitative estimate of drug-likeness (QED) is 0.582. The molecular formula is C17H25ClN2O5S. The predicted molar refractivity (Wildman–Crippen MR) is 99.0 cm³/mol. The van der Waals surface area contributed by atoms with Gasteiger partial charge in [0.2, 0.25) is 10.0 Å². The molecule has 1 aromatic carbocycles. The number of carbonyl (C=O) groups excluding carboxylic acids is 1. The van der Waals surface area contributed by atoms with Gasteiger partial charge in [-0.15, -0.1) is 0 Å². The number of rotatable bonds is 10. The second-order valence-electron chi connectivity index (χ2n) is 6.07. The van der Waals surface area contributed by atoms with Gasteiger partial charge in [-0.1, -0.05) is 24.9 Å². The summed E-state index contributed by atoms with van der Waals surface area (Å²) in [6.07, 6.45) is 3.66. The van der Waals surface area contributed by atoms with Crippen LogP contribution in [-0.2, 0) is 19.6 Å². The summed E-state index contributed by atoms with van der Waals surface area (Å²) in [5.74, 6) is -0.0269. The highest BCUT2D eigenvalue weighted by Gasteiger charge is 2.18. The molecule has 1 atom stereocenters. The van der Waals surface area contributed by atoms with Crippen LogP contribution in [-0.4, -0.2) is 46.7 Å². The van der Waals surface area contributed by atoms with E-state index in [1.54, 1.807) is 0 Å². The molecular weight excluding hydrogens is 380 g/mol. The van der Waals surface area contributed by atoms with E-state index in [2.05, 4.69) is 10.0 Å². The van der Waals surface area contributed by atoms with Crippen molar-refractivity contribution in [3.05, 3.63) is 23.2 Å². The summed E-state index contributed by atoms with van der Waals surface area (Å²) in [4.78, 5) is 11.9. The first-order chi connectivity index (χ1) is 12.4. The molecule has 1 heterocycles. The average Bonchev–Trinajstić information content (AvgIpc) is 3.12. The highest BCUT2D eigenvalue weighted by atomic mass is 35.5. The molecule has 7 nitrogen and oxygen atoms in total. The molecule has 2 N–H and O–H groups in total. The number of nitrogens with one attached hydrogen (secondary N) is 2. The van der Waals surface area contributed by atoms with Crippen LogP contribution < -0.4 is 14.8 Å². The van der Waals surface area contributed by atoms with Gasteiger partial charge in [-0.2, -0.15) is 0 Å². The summed E-state index contributed by atoms with van der Waals surface area (Å²) >= 11 is 6.09. The maximum absolute atomic E-state index is 12.2. The standard InChI is InChI=1S/C17H25ClN2O5S/c1-2-3-8-20-26(22,23)14-6-7-16(15(18)10-14)25-12-17(21)19-11-13-5-4-9-24-13/h6-7,10,13,20H,2-5,8-9,11-12H2,1H3,(H,19,21)/t13-/m1/s1. The molecule has 0 unspecified atom stereocenters. The molecule has 0 spiro atoms. The third-order valence-electron chi connectivity index (χ3n) is 3.95. The molecule has 0 aromatic heterocycles. The lowest BCUT2D eigenvalue weighted by atomic mass is 10.2. The number of hydrogen-bond acceptors (Lipinski definition) is 5. The molecule has 1 aliphatic rings. The fourth-order valence-corrected chi connectivity index (χ4v) is 3.86. The Morgan fingerprint density at radius 1 is 1.42 bits per heavy atom. The van der Waals surface area contributed by atoms with Gasteiger partial charge in [0.1, 0.15) is 5.75 Å². The Hall–Kier alpha value is -1.35. The predicted octanol–water partition coefficient (Wildman–Crippen LogP) is 2.09. The summed E-state index contributed by atoms with van der Waals surface area (Å²) in [6.45, 7) is 3.34. The first-order valence-corrected chi connectivity index (χ1v) is 10.6. The van der Waals surface area contributed by atoms with Gasteiger partial charge in [0.05, 0.1) is 16.0 Å². The monoisotopic (exact) mass is 404 g/mol. The van der Waals surface area contributed by atoms with Gasteiger partial charge in [-0.3, -0.25) is 4.79 Å². The van der Waals surface area contributed by atoms with Gasteiger partial charge in [-0.05, 0) is 37.5 Å². The average molecular weight is 405 g/mol. The molecule has 26 heavy (non-hydrogen) atoms. The number of halogens is 1. The van der Waals surface area contributed by atoms with Crippen LogP contribution in [0.2, 0.25) is 5.02 Å². The van der Waals surface area contributed by atoms with Crippen molar-refractivity contribution in [1.82, 2.24) is 10.0 Å². The van der Waals surface area contributed by atoms with Gasteiger partial charge in [-0.25, -0.2) is 13.1 Å². The van der Waals surface area contributed by atoms with Crippen LogP contribution >= 0.6 is 11.6 Å². The van der Waals surface area contributed by atoms with Crippen molar-refractivity contribution in [3.8, 4) is 5.75 Å². The zero-order valence-electron chi connectivity index (χ0n) is 14.8. The van der Waals surface area contributed by atoms with Crippen LogP contribution in [0, 0.1) is 0 Å². The molecule has 0 bridgehead atoms. The summed E-state index contributed by atoms with van der Waals surface area (Å²) < 4.78 is 37.6. The lowest BCUT2D eigenvalue weighted by Gasteiger charge is -2.12. The Morgan fingerprint density at radius 2 is 2.23 bits per heavy atom. The Balaban J connectivity index is 1.85. The lowest BCUT2D eigenvalue weighted by Crippen LogP contribution is -2.35. The fourth-order valence-electron chi connectivity index (χ4n) is 2.46. The molecule has 0 radical (unpaired) electrons. The lowest BCUT2D eigenvalue weighted by molar-refractivity contribution is -0.123. The second-order valence-corrected chi connectivity index (χ2v) is 8.25. The van der Waals surface area contributed by atoms with E-state index in [1.807, 2.05) is 6.92 Å². The third-order valence-corrected chi connectivity index (χ3v) is 5.70. The molecule has 9 heteroatoms. The topological polar surface area (TPSA) is 93.7 Å². The summed E-state index contributed by atoms with van der Waals surface area (Å²) in [5, 5.41) is 2.88. The molecule has 146 valence electrons. The number of hydrogen-bond donors (Lipinski definition) is 2. The molecule has 1 aliphatic heterocycles. The van der Waals surface area contributed by atoms with Crippen LogP contribution in [0.25, 0.3) is 0 Å². The minimum atomic E-state index is -3.60. The van der Waals surface area contributed by atoms with E-state index in [4.69, 9.17) is 21.1 Å². The van der Waals surface area contributed by atoms with Crippen molar-refractivity contribution in [3.63, 3.8) is 0 Å². The van der Waals surface area contributed by atoms with Crippen molar-refractivity contribution in [2.24, 2.45) is 0 Å². The summed E-state index contributed by atoms with van der Waals surface area (Å²) in [5.41, 5.74) is 0. The number of ether oxygens (including phenoxy) is 2. The fraction of sp³-hybridized carbons (Fsp3) is 0.588. The van der Waals surface area contributed by atoms with Gasteiger partial charge in [0, 0.05) is 19.7 Å². The van der Waals surface area contributed by atoms with E-state index in [0.717, 1.165) is 32.3 Å². The van der Waals surface area contributed by atoms with Crippen LogP contribution in [0.5, 0.6) is 5.75 Å². The smallest absolute Gasteiger partial charge is 0.258 e. The van der Waals surface area contributed by atoms with Gasteiger partial charge < -0.3 is 14.8 Å². The van der Waals surface area contributed by atoms with Gasteiger partial charge in [0.15, 0.2) is 6.61 Å². The van der Waals surface area contributed by atoms with Crippen molar-refractivity contribution in [1.29, 1.82) is 0 Å². The second kappa shape index (κ2) is 10.1. The van der Waals surface area contributed by atoms with E-state index < -0.39 is 10.0 Å². The molecule has 0 aliphatic carbocycles. The highest BCUT2D eigenvalue weighted by molar-refractivity contribution is 7.89. The number of carbonyl (C=O) groups is 1.